The molecule has 0 heterocycles. The van der Waals surface area contributed by atoms with Crippen molar-refractivity contribution in [2.24, 2.45) is 0 Å². The van der Waals surface area contributed by atoms with E-state index in [2.05, 4.69) is 50.3 Å². The number of hydrogen-bond donors (Lipinski definition) is 0. The molecule has 0 atom stereocenters. The molecular weight excluding hydrogens is 427 g/mol. The van der Waals surface area contributed by atoms with Crippen LogP contribution in [0, 0.1) is 12.2 Å². The average Bonchev–Trinajstić information content (AvgIpc) is 3.27. The van der Waals surface area contributed by atoms with Crippen molar-refractivity contribution in [2.45, 2.75) is 65.2 Å². The van der Waals surface area contributed by atoms with Gasteiger partial charge in [-0.2, -0.15) is 12.2 Å². The Balaban J connectivity index is -0.000000136. The molecule has 2 N–H and O–H groups in total. The Morgan fingerprint density at radius 3 is 1.38 bits per heavy atom. The van der Waals surface area contributed by atoms with Crippen LogP contribution in [0.3, 0.4) is 0 Å². The van der Waals surface area contributed by atoms with Gasteiger partial charge < -0.3 is 21.1 Å². The Hall–Kier alpha value is -0.927. The summed E-state index contributed by atoms with van der Waals surface area (Å²) in [4.78, 5) is 16.9. The molecular formula is C20H31ClN2O2Zr. The second-order valence-electron chi connectivity index (χ2n) is 5.06. The number of amides is 2. The van der Waals surface area contributed by atoms with Crippen LogP contribution in [-0.4, -0.2) is 12.8 Å². The van der Waals surface area contributed by atoms with Crippen LogP contribution in [0.15, 0.2) is 35.5 Å². The molecule has 2 rings (SSSR count). The number of hydrogen-bond acceptors (Lipinski definition) is 2. The van der Waals surface area contributed by atoms with Crippen molar-refractivity contribution in [3.05, 3.63) is 59.1 Å². The van der Waals surface area contributed by atoms with E-state index < -0.39 is 0 Å². The second-order valence-corrected chi connectivity index (χ2v) is 5.06. The maximum absolute atomic E-state index is 8.47. The van der Waals surface area contributed by atoms with Gasteiger partial charge in [0, 0.05) is 12.8 Å². The summed E-state index contributed by atoms with van der Waals surface area (Å²) in [6.07, 6.45) is 25.1. The van der Waals surface area contributed by atoms with E-state index in [0.29, 0.717) is 0 Å². The molecule has 26 heavy (non-hydrogen) atoms. The molecule has 4 nitrogen and oxygen atoms in total. The van der Waals surface area contributed by atoms with Crippen LogP contribution in [0.5, 0.6) is 0 Å². The Kier molecular flexibility index (Phi) is 36.3. The summed E-state index contributed by atoms with van der Waals surface area (Å²) in [5.74, 6) is 0. The summed E-state index contributed by atoms with van der Waals surface area (Å²) in [6.45, 7) is 4.44. The smallest absolute Gasteiger partial charge is 0.671 e. The minimum Gasteiger partial charge on any atom is -0.671 e. The molecule has 0 aromatic rings. The number of carbonyl (C=O) groups excluding carboxylic acids is 2. The van der Waals surface area contributed by atoms with Crippen LogP contribution < -0.4 is 0 Å². The van der Waals surface area contributed by atoms with Crippen LogP contribution in [0.2, 0.25) is 0 Å². The number of unbranched alkanes of at least 4 members (excludes halogenated alkanes) is 2. The second kappa shape index (κ2) is 28.9. The van der Waals surface area contributed by atoms with Crippen molar-refractivity contribution in [1.29, 1.82) is 0 Å². The molecule has 0 saturated carbocycles. The maximum Gasteiger partial charge on any atom is 4.00 e. The quantitative estimate of drug-likeness (QED) is 0.335. The number of rotatable bonds is 6. The number of halogens is 1. The molecule has 0 unspecified atom stereocenters. The monoisotopic (exact) mass is 456 g/mol. The fraction of sp³-hybridized carbons (Fsp3) is 0.500. The molecule has 144 valence electrons. The maximum atomic E-state index is 8.47. The zero-order valence-corrected chi connectivity index (χ0v) is 19.1. The van der Waals surface area contributed by atoms with E-state index in [1.165, 1.54) is 49.7 Å². The van der Waals surface area contributed by atoms with Crippen molar-refractivity contribution in [3.63, 3.8) is 0 Å². The van der Waals surface area contributed by atoms with Gasteiger partial charge in [0.15, 0.2) is 0 Å². The summed E-state index contributed by atoms with van der Waals surface area (Å²) >= 11 is 0. The Morgan fingerprint density at radius 1 is 0.885 bits per heavy atom. The SMILES string of the molecule is CCCCC1=[C-]CC=C1.CCCCC1=[C-]CC=C1.Cl.[NH-]C=O.[NH-]C=O.[Zr+4]. The van der Waals surface area contributed by atoms with Crippen LogP contribution in [0.4, 0.5) is 0 Å². The van der Waals surface area contributed by atoms with Gasteiger partial charge in [-0.05, 0) is 0 Å². The molecule has 0 aliphatic heterocycles. The van der Waals surface area contributed by atoms with Gasteiger partial charge in [0.1, 0.15) is 0 Å². The number of nitrogens with one attached hydrogen (secondary N) is 2. The van der Waals surface area contributed by atoms with Gasteiger partial charge in [-0.3, -0.25) is 12.2 Å². The average molecular weight is 458 g/mol. The summed E-state index contributed by atoms with van der Waals surface area (Å²) < 4.78 is 0. The molecule has 0 radical (unpaired) electrons. The van der Waals surface area contributed by atoms with Gasteiger partial charge in [-0.1, -0.05) is 52.4 Å². The zero-order chi connectivity index (χ0) is 18.5. The van der Waals surface area contributed by atoms with Gasteiger partial charge in [0.2, 0.25) is 0 Å². The third kappa shape index (κ3) is 25.3. The minimum atomic E-state index is 0. The van der Waals surface area contributed by atoms with Gasteiger partial charge in [-0.15, -0.1) is 25.2 Å². The summed E-state index contributed by atoms with van der Waals surface area (Å²) in [5.41, 5.74) is 13.9. The van der Waals surface area contributed by atoms with Crippen molar-refractivity contribution in [3.8, 4) is 0 Å². The largest absolute Gasteiger partial charge is 4.00 e. The first-order valence-electron chi connectivity index (χ1n) is 8.44. The molecule has 0 aromatic heterocycles. The van der Waals surface area contributed by atoms with Gasteiger partial charge in [0.05, 0.1) is 0 Å². The molecule has 2 aliphatic carbocycles. The fourth-order valence-electron chi connectivity index (χ4n) is 1.98. The number of carbonyl (C=O) groups is 2. The molecule has 0 aromatic carbocycles. The Labute approximate surface area is 184 Å². The van der Waals surface area contributed by atoms with Crippen molar-refractivity contribution < 1.29 is 35.8 Å². The van der Waals surface area contributed by atoms with E-state index in [-0.39, 0.29) is 51.4 Å². The van der Waals surface area contributed by atoms with Crippen LogP contribution in [-0.2, 0) is 35.8 Å². The topological polar surface area (TPSA) is 81.7 Å². The minimum absolute atomic E-state index is 0. The van der Waals surface area contributed by atoms with Crippen molar-refractivity contribution in [2.75, 3.05) is 0 Å². The molecule has 2 aliphatic rings. The van der Waals surface area contributed by atoms with E-state index in [1.54, 1.807) is 0 Å². The number of allylic oxidation sites excluding steroid dienone is 8. The Morgan fingerprint density at radius 2 is 1.19 bits per heavy atom. The standard InChI is InChI=1S/2C9H13.2CH3NO.ClH.Zr/c2*1-2-3-6-9-7-4-5-8-9;2*2-1-3;;/h2*4,7H,2-3,5-6H2,1H3;2*1H,(H2,2,3);1H;/q2*-1;;;;+4/p-2. The molecule has 0 spiro atoms. The molecule has 2 amide bonds. The summed E-state index contributed by atoms with van der Waals surface area (Å²) in [6, 6.07) is 0. The normalized spacial score (nSPS) is 12.2. The first kappa shape index (κ1) is 32.7. The molecule has 6 heteroatoms. The van der Waals surface area contributed by atoms with E-state index in [0.717, 1.165) is 12.8 Å². The zero-order valence-electron chi connectivity index (χ0n) is 15.8. The van der Waals surface area contributed by atoms with Crippen LogP contribution in [0.25, 0.3) is 11.5 Å². The molecule has 0 fully saturated rings. The summed E-state index contributed by atoms with van der Waals surface area (Å²) in [5, 5.41) is 0. The Bertz CT molecular complexity index is 394. The van der Waals surface area contributed by atoms with Gasteiger partial charge >= 0.3 is 26.2 Å². The molecule has 0 bridgehead atoms. The predicted octanol–water partition coefficient (Wildman–Crippen LogP) is 6.54. The van der Waals surface area contributed by atoms with E-state index in [9.17, 15) is 0 Å². The van der Waals surface area contributed by atoms with Gasteiger partial charge in [0.25, 0.3) is 0 Å². The first-order valence-corrected chi connectivity index (χ1v) is 8.44. The van der Waals surface area contributed by atoms with E-state index >= 15 is 0 Å². The molecule has 0 saturated heterocycles. The summed E-state index contributed by atoms with van der Waals surface area (Å²) in [7, 11) is 0. The van der Waals surface area contributed by atoms with Gasteiger partial charge in [-0.25, -0.2) is 23.3 Å². The third-order valence-electron chi connectivity index (χ3n) is 3.13. The fourth-order valence-corrected chi connectivity index (χ4v) is 1.98. The van der Waals surface area contributed by atoms with E-state index in [1.807, 2.05) is 0 Å². The van der Waals surface area contributed by atoms with Crippen LogP contribution in [0.1, 0.15) is 65.2 Å². The third-order valence-corrected chi connectivity index (χ3v) is 3.13. The first-order chi connectivity index (χ1) is 11.7. The van der Waals surface area contributed by atoms with Crippen LogP contribution >= 0.6 is 12.4 Å². The van der Waals surface area contributed by atoms with Crippen molar-refractivity contribution in [1.82, 2.24) is 0 Å². The van der Waals surface area contributed by atoms with E-state index in [4.69, 9.17) is 21.1 Å². The predicted molar refractivity (Wildman–Crippen MR) is 108 cm³/mol. The van der Waals surface area contributed by atoms with Crippen molar-refractivity contribution >= 4 is 25.2 Å².